The second kappa shape index (κ2) is 7.72. The summed E-state index contributed by atoms with van der Waals surface area (Å²) >= 11 is 0. The third-order valence-corrected chi connectivity index (χ3v) is 7.97. The van der Waals surface area contributed by atoms with Gasteiger partial charge in [-0.2, -0.15) is 0 Å². The number of Topliss-reactive ketones (excluding diaryl/α,β-unsaturated/α-hetero) is 2. The van der Waals surface area contributed by atoms with Gasteiger partial charge >= 0.3 is 0 Å². The summed E-state index contributed by atoms with van der Waals surface area (Å²) in [6, 6.07) is 17.5. The highest BCUT2D eigenvalue weighted by molar-refractivity contribution is 6.16. The number of benzene rings is 3. The van der Waals surface area contributed by atoms with Gasteiger partial charge in [-0.05, 0) is 62.2 Å². The van der Waals surface area contributed by atoms with Gasteiger partial charge in [0.15, 0.2) is 11.6 Å². The van der Waals surface area contributed by atoms with E-state index in [1.54, 1.807) is 12.1 Å². The largest absolute Gasteiger partial charge is 0.352 e. The van der Waals surface area contributed by atoms with E-state index in [-0.39, 0.29) is 17.3 Å². The first-order chi connectivity index (χ1) is 17.3. The van der Waals surface area contributed by atoms with Crippen molar-refractivity contribution in [2.45, 2.75) is 38.3 Å². The van der Waals surface area contributed by atoms with Gasteiger partial charge in [0, 0.05) is 16.9 Å². The lowest BCUT2D eigenvalue weighted by atomic mass is 9.64. The number of nitrogens with one attached hydrogen (secondary N) is 1. The number of carbonyl (C=O) groups is 3. The fourth-order valence-corrected chi connectivity index (χ4v) is 6.53. The van der Waals surface area contributed by atoms with Crippen molar-refractivity contribution in [2.24, 2.45) is 5.92 Å². The highest BCUT2D eigenvalue weighted by Crippen LogP contribution is 2.58. The first-order valence-corrected chi connectivity index (χ1v) is 12.0. The highest BCUT2D eigenvalue weighted by atomic mass is 19.1. The fourth-order valence-electron chi connectivity index (χ4n) is 6.53. The molecule has 3 heterocycles. The quantitative estimate of drug-likeness (QED) is 0.531. The zero-order valence-electron chi connectivity index (χ0n) is 20.2. The monoisotopic (exact) mass is 480 g/mol. The number of allylic oxidation sites excluding steroid dienone is 1. The van der Waals surface area contributed by atoms with Crippen molar-refractivity contribution in [3.63, 3.8) is 0 Å². The van der Waals surface area contributed by atoms with Gasteiger partial charge in [-0.1, -0.05) is 48.0 Å². The Morgan fingerprint density at radius 3 is 2.47 bits per heavy atom. The average molecular weight is 481 g/mol. The minimum Gasteiger partial charge on any atom is -0.352 e. The van der Waals surface area contributed by atoms with Gasteiger partial charge in [-0.15, -0.1) is 0 Å². The number of amides is 1. The second-order valence-corrected chi connectivity index (χ2v) is 9.97. The molecule has 1 fully saturated rings. The Balaban J connectivity index is 1.70. The van der Waals surface area contributed by atoms with Crippen LogP contribution in [0.25, 0.3) is 5.57 Å². The standard InChI is InChI=1S/C30H25FN2O3/c1-16-12-13-24-20(14-16)17(2)15-25-30(21-9-5-7-11-23(21)32-29(30)36)26(27(18(3)34)33(24)25)28(35)19-8-4-6-10-22(19)31/h4-15,25-27H,1-3H3,(H,32,36)/t25-,26-,27-,30-/m1/s1. The summed E-state index contributed by atoms with van der Waals surface area (Å²) in [7, 11) is 0. The van der Waals surface area contributed by atoms with Crippen molar-refractivity contribution in [3.8, 4) is 0 Å². The van der Waals surface area contributed by atoms with E-state index in [0.29, 0.717) is 11.3 Å². The third kappa shape index (κ3) is 2.78. The van der Waals surface area contributed by atoms with Crippen molar-refractivity contribution in [3.05, 3.63) is 101 Å². The number of para-hydroxylation sites is 1. The van der Waals surface area contributed by atoms with Crippen LogP contribution in [0.15, 0.2) is 72.8 Å². The number of carbonyl (C=O) groups excluding carboxylic acids is 3. The van der Waals surface area contributed by atoms with Gasteiger partial charge in [0.25, 0.3) is 0 Å². The van der Waals surface area contributed by atoms with Crippen LogP contribution in [0.4, 0.5) is 15.8 Å². The number of hydrogen-bond acceptors (Lipinski definition) is 4. The van der Waals surface area contributed by atoms with Crippen LogP contribution < -0.4 is 10.2 Å². The maximum atomic E-state index is 15.0. The number of nitrogens with zero attached hydrogens (tertiary/aromatic N) is 1. The topological polar surface area (TPSA) is 66.5 Å². The van der Waals surface area contributed by atoms with Crippen LogP contribution in [-0.2, 0) is 15.0 Å². The van der Waals surface area contributed by atoms with Crippen molar-refractivity contribution < 1.29 is 18.8 Å². The average Bonchev–Trinajstić information content (AvgIpc) is 3.32. The van der Waals surface area contributed by atoms with Crippen LogP contribution in [0.2, 0.25) is 0 Å². The SMILES string of the molecule is CC(=O)[C@@H]1[C@H](C(=O)c2ccccc2F)[C@]2(C(=O)Nc3ccccc32)[C@H]2C=C(C)c3cc(C)ccc3N12. The molecule has 1 N–H and O–H groups in total. The lowest BCUT2D eigenvalue weighted by Gasteiger charge is -2.39. The predicted octanol–water partition coefficient (Wildman–Crippen LogP) is 5.09. The molecule has 4 atom stereocenters. The molecule has 180 valence electrons. The molecule has 6 heteroatoms. The molecule has 0 aliphatic carbocycles. The zero-order chi connectivity index (χ0) is 25.4. The maximum absolute atomic E-state index is 15.0. The summed E-state index contributed by atoms with van der Waals surface area (Å²) in [4.78, 5) is 43.7. The fraction of sp³-hybridized carbons (Fsp3) is 0.233. The smallest absolute Gasteiger partial charge is 0.238 e. The molecule has 6 rings (SSSR count). The first-order valence-electron chi connectivity index (χ1n) is 12.0. The number of anilines is 2. The molecule has 0 bridgehead atoms. The van der Waals surface area contributed by atoms with E-state index in [2.05, 4.69) is 11.4 Å². The number of fused-ring (bicyclic) bond motifs is 6. The van der Waals surface area contributed by atoms with Crippen LogP contribution in [0.5, 0.6) is 0 Å². The summed E-state index contributed by atoms with van der Waals surface area (Å²) in [6.07, 6.45) is 1.99. The summed E-state index contributed by atoms with van der Waals surface area (Å²) in [5.41, 5.74) is 3.53. The van der Waals surface area contributed by atoms with E-state index in [1.165, 1.54) is 25.1 Å². The van der Waals surface area contributed by atoms with Crippen molar-refractivity contribution in [1.29, 1.82) is 0 Å². The molecule has 0 radical (unpaired) electrons. The van der Waals surface area contributed by atoms with Crippen LogP contribution in [0, 0.1) is 18.7 Å². The Morgan fingerprint density at radius 1 is 1.00 bits per heavy atom. The lowest BCUT2D eigenvalue weighted by molar-refractivity contribution is -0.122. The van der Waals surface area contributed by atoms with Gasteiger partial charge < -0.3 is 10.2 Å². The molecule has 3 aromatic carbocycles. The van der Waals surface area contributed by atoms with Gasteiger partial charge in [-0.3, -0.25) is 14.4 Å². The van der Waals surface area contributed by atoms with Crippen LogP contribution in [0.3, 0.4) is 0 Å². The van der Waals surface area contributed by atoms with Gasteiger partial charge in [0.1, 0.15) is 11.2 Å². The second-order valence-electron chi connectivity index (χ2n) is 9.97. The molecule has 3 aliphatic heterocycles. The van der Waals surface area contributed by atoms with Crippen molar-refractivity contribution in [1.82, 2.24) is 0 Å². The molecule has 3 aromatic rings. The van der Waals surface area contributed by atoms with E-state index < -0.39 is 35.0 Å². The van der Waals surface area contributed by atoms with Gasteiger partial charge in [-0.25, -0.2) is 4.39 Å². The molecule has 0 unspecified atom stereocenters. The van der Waals surface area contributed by atoms with Crippen LogP contribution in [0.1, 0.15) is 40.9 Å². The van der Waals surface area contributed by atoms with Crippen molar-refractivity contribution in [2.75, 3.05) is 10.2 Å². The van der Waals surface area contributed by atoms with Crippen molar-refractivity contribution >= 4 is 34.4 Å². The minimum absolute atomic E-state index is 0.116. The van der Waals surface area contributed by atoms with Crippen LogP contribution in [-0.4, -0.2) is 29.6 Å². The summed E-state index contributed by atoms with van der Waals surface area (Å²) in [5.74, 6) is -2.94. The Bertz CT molecular complexity index is 1510. The number of halogens is 1. The Hall–Kier alpha value is -4.06. The number of ketones is 2. The van der Waals surface area contributed by atoms with E-state index in [0.717, 1.165) is 22.4 Å². The van der Waals surface area contributed by atoms with Crippen LogP contribution >= 0.6 is 0 Å². The third-order valence-electron chi connectivity index (χ3n) is 7.97. The lowest BCUT2D eigenvalue weighted by Crippen LogP contribution is -2.51. The number of rotatable bonds is 3. The van der Waals surface area contributed by atoms with E-state index in [1.807, 2.05) is 55.2 Å². The summed E-state index contributed by atoms with van der Waals surface area (Å²) in [6.45, 7) is 5.43. The number of aryl methyl sites for hydroxylation is 1. The number of hydrogen-bond donors (Lipinski definition) is 1. The molecule has 36 heavy (non-hydrogen) atoms. The Morgan fingerprint density at radius 2 is 1.72 bits per heavy atom. The molecular formula is C30H25FN2O3. The minimum atomic E-state index is -1.41. The predicted molar refractivity (Wildman–Crippen MR) is 137 cm³/mol. The summed E-state index contributed by atoms with van der Waals surface area (Å²) in [5, 5.41) is 2.97. The van der Waals surface area contributed by atoms with Gasteiger partial charge in [0.2, 0.25) is 5.91 Å². The van der Waals surface area contributed by atoms with E-state index in [4.69, 9.17) is 0 Å². The first kappa shape index (κ1) is 22.4. The molecule has 1 spiro atoms. The molecular weight excluding hydrogens is 455 g/mol. The molecule has 3 aliphatic rings. The normalized spacial score (nSPS) is 25.7. The highest BCUT2D eigenvalue weighted by Gasteiger charge is 2.70. The molecule has 5 nitrogen and oxygen atoms in total. The maximum Gasteiger partial charge on any atom is 0.238 e. The molecule has 0 saturated carbocycles. The Kier molecular flexibility index (Phi) is 4.80. The van der Waals surface area contributed by atoms with Gasteiger partial charge in [0.05, 0.1) is 23.6 Å². The molecule has 0 aromatic heterocycles. The summed E-state index contributed by atoms with van der Waals surface area (Å²) < 4.78 is 15.0. The Labute approximate surface area is 208 Å². The van der Waals surface area contributed by atoms with E-state index >= 15 is 0 Å². The van der Waals surface area contributed by atoms with E-state index in [9.17, 15) is 18.8 Å². The zero-order valence-corrected chi connectivity index (χ0v) is 20.2. The molecule has 1 amide bonds. The molecule has 1 saturated heterocycles.